The van der Waals surface area contributed by atoms with Gasteiger partial charge in [-0.2, -0.15) is 4.57 Å². The summed E-state index contributed by atoms with van der Waals surface area (Å²) in [7, 11) is 0. The SMILES string of the molecule is O=C(C[n+]1ccncc1C(=O)Oc1ccccc1)c1ccccc1. The van der Waals surface area contributed by atoms with Crippen molar-refractivity contribution in [2.45, 2.75) is 6.54 Å². The predicted molar refractivity (Wildman–Crippen MR) is 86.6 cm³/mol. The van der Waals surface area contributed by atoms with Crippen molar-refractivity contribution in [3.05, 3.63) is 90.5 Å². The summed E-state index contributed by atoms with van der Waals surface area (Å²) in [6.45, 7) is 0.0335. The molecule has 118 valence electrons. The smallest absolute Gasteiger partial charge is 0.410 e. The number of nitrogens with zero attached hydrogens (tertiary/aromatic N) is 2. The molecule has 0 aliphatic carbocycles. The maximum atomic E-state index is 12.4. The van der Waals surface area contributed by atoms with Gasteiger partial charge in [-0.25, -0.2) is 4.79 Å². The maximum absolute atomic E-state index is 12.4. The molecule has 0 N–H and O–H groups in total. The van der Waals surface area contributed by atoms with Crippen LogP contribution in [-0.2, 0) is 6.54 Å². The fourth-order valence-electron chi connectivity index (χ4n) is 2.21. The zero-order chi connectivity index (χ0) is 16.8. The largest absolute Gasteiger partial charge is 0.419 e. The molecule has 0 saturated carbocycles. The average molecular weight is 319 g/mol. The number of aromatic nitrogens is 2. The molecule has 1 heterocycles. The molecule has 3 rings (SSSR count). The van der Waals surface area contributed by atoms with E-state index in [2.05, 4.69) is 4.98 Å². The third kappa shape index (κ3) is 3.70. The van der Waals surface area contributed by atoms with Crippen molar-refractivity contribution in [2.24, 2.45) is 0 Å². The van der Waals surface area contributed by atoms with E-state index >= 15 is 0 Å². The molecule has 3 aromatic rings. The fourth-order valence-corrected chi connectivity index (χ4v) is 2.21. The number of ketones is 1. The van der Waals surface area contributed by atoms with E-state index in [1.54, 1.807) is 54.7 Å². The van der Waals surface area contributed by atoms with Crippen molar-refractivity contribution >= 4 is 11.8 Å². The number of carbonyl (C=O) groups excluding carboxylic acids is 2. The van der Waals surface area contributed by atoms with Gasteiger partial charge in [0.25, 0.3) is 0 Å². The van der Waals surface area contributed by atoms with Crippen LogP contribution in [0.25, 0.3) is 0 Å². The summed E-state index contributed by atoms with van der Waals surface area (Å²) in [4.78, 5) is 28.7. The van der Waals surface area contributed by atoms with Crippen LogP contribution in [0.15, 0.2) is 79.3 Å². The number of hydrogen-bond acceptors (Lipinski definition) is 4. The van der Waals surface area contributed by atoms with Crippen molar-refractivity contribution in [1.82, 2.24) is 4.98 Å². The summed E-state index contributed by atoms with van der Waals surface area (Å²) in [6.07, 6.45) is 4.50. The first-order chi connectivity index (χ1) is 11.7. The van der Waals surface area contributed by atoms with Gasteiger partial charge in [0.2, 0.25) is 12.3 Å². The summed E-state index contributed by atoms with van der Waals surface area (Å²) < 4.78 is 6.85. The molecule has 0 amide bonds. The second-order valence-electron chi connectivity index (χ2n) is 5.08. The monoisotopic (exact) mass is 319 g/mol. The first kappa shape index (κ1) is 15.6. The Labute approximate surface area is 139 Å². The predicted octanol–water partition coefficient (Wildman–Crippen LogP) is 2.47. The Balaban J connectivity index is 1.80. The van der Waals surface area contributed by atoms with E-state index < -0.39 is 5.97 Å². The second-order valence-corrected chi connectivity index (χ2v) is 5.08. The van der Waals surface area contributed by atoms with Crippen molar-refractivity contribution < 1.29 is 18.9 Å². The molecule has 24 heavy (non-hydrogen) atoms. The quantitative estimate of drug-likeness (QED) is 0.314. The van der Waals surface area contributed by atoms with Crippen LogP contribution in [0, 0.1) is 0 Å². The lowest BCUT2D eigenvalue weighted by atomic mass is 10.1. The minimum Gasteiger partial charge on any atom is -0.419 e. The number of para-hydroxylation sites is 1. The van der Waals surface area contributed by atoms with Crippen LogP contribution in [0.3, 0.4) is 0 Å². The summed E-state index contributed by atoms with van der Waals surface area (Å²) >= 11 is 0. The van der Waals surface area contributed by atoms with E-state index in [1.165, 1.54) is 17.0 Å². The highest BCUT2D eigenvalue weighted by Crippen LogP contribution is 2.10. The molecule has 1 aromatic heterocycles. The lowest BCUT2D eigenvalue weighted by Gasteiger charge is -2.04. The zero-order valence-corrected chi connectivity index (χ0v) is 12.8. The Kier molecular flexibility index (Phi) is 4.72. The van der Waals surface area contributed by atoms with Crippen LogP contribution < -0.4 is 9.30 Å². The van der Waals surface area contributed by atoms with Gasteiger partial charge in [0.05, 0.1) is 6.20 Å². The third-order valence-electron chi connectivity index (χ3n) is 3.41. The first-order valence-corrected chi connectivity index (χ1v) is 7.43. The Hall–Kier alpha value is -3.34. The third-order valence-corrected chi connectivity index (χ3v) is 3.41. The molecule has 2 aromatic carbocycles. The van der Waals surface area contributed by atoms with Gasteiger partial charge in [0.15, 0.2) is 6.20 Å². The van der Waals surface area contributed by atoms with Crippen LogP contribution in [0.4, 0.5) is 0 Å². The van der Waals surface area contributed by atoms with Gasteiger partial charge in [0, 0.05) is 5.56 Å². The standard InChI is InChI=1S/C19H15N2O3/c22-18(15-7-3-1-4-8-15)14-21-12-11-20-13-17(21)19(23)24-16-9-5-2-6-10-16/h1-13H,14H2/q+1. The van der Waals surface area contributed by atoms with E-state index in [-0.39, 0.29) is 18.0 Å². The zero-order valence-electron chi connectivity index (χ0n) is 12.8. The van der Waals surface area contributed by atoms with Gasteiger partial charge < -0.3 is 4.74 Å². The average Bonchev–Trinajstić information content (AvgIpc) is 2.63. The fraction of sp³-hybridized carbons (Fsp3) is 0.0526. The number of benzene rings is 2. The van der Waals surface area contributed by atoms with Crippen LogP contribution >= 0.6 is 0 Å². The van der Waals surface area contributed by atoms with Crippen LogP contribution in [0.1, 0.15) is 20.8 Å². The molecule has 0 bridgehead atoms. The molecular formula is C19H15N2O3+. The molecule has 0 aliphatic heterocycles. The number of ether oxygens (including phenoxy) is 1. The summed E-state index contributed by atoms with van der Waals surface area (Å²) in [6, 6.07) is 17.7. The van der Waals surface area contributed by atoms with E-state index in [0.29, 0.717) is 11.3 Å². The Morgan fingerprint density at radius 3 is 2.33 bits per heavy atom. The molecule has 5 nitrogen and oxygen atoms in total. The Morgan fingerprint density at radius 1 is 0.958 bits per heavy atom. The highest BCUT2D eigenvalue weighted by molar-refractivity contribution is 5.95. The number of hydrogen-bond donors (Lipinski definition) is 0. The normalized spacial score (nSPS) is 10.2. The van der Waals surface area contributed by atoms with E-state index in [0.717, 1.165) is 0 Å². The molecule has 0 radical (unpaired) electrons. The van der Waals surface area contributed by atoms with Crippen molar-refractivity contribution in [1.29, 1.82) is 0 Å². The second kappa shape index (κ2) is 7.28. The summed E-state index contributed by atoms with van der Waals surface area (Å²) in [5.41, 5.74) is 0.801. The highest BCUT2D eigenvalue weighted by Gasteiger charge is 2.24. The van der Waals surface area contributed by atoms with Crippen LogP contribution in [-0.4, -0.2) is 16.7 Å². The maximum Gasteiger partial charge on any atom is 0.410 e. The van der Waals surface area contributed by atoms with Crippen LogP contribution in [0.2, 0.25) is 0 Å². The van der Waals surface area contributed by atoms with E-state index in [4.69, 9.17) is 4.74 Å². The van der Waals surface area contributed by atoms with Gasteiger partial charge in [-0.1, -0.05) is 48.5 Å². The molecule has 0 saturated heterocycles. The van der Waals surface area contributed by atoms with E-state index in [1.807, 2.05) is 12.1 Å². The highest BCUT2D eigenvalue weighted by atomic mass is 16.5. The number of rotatable bonds is 5. The van der Waals surface area contributed by atoms with Crippen LogP contribution in [0.5, 0.6) is 5.75 Å². The van der Waals surface area contributed by atoms with Gasteiger partial charge in [0.1, 0.15) is 11.9 Å². The summed E-state index contributed by atoms with van der Waals surface area (Å²) in [5, 5.41) is 0. The molecule has 0 fully saturated rings. The molecule has 0 unspecified atom stereocenters. The Bertz CT molecular complexity index is 849. The summed E-state index contributed by atoms with van der Waals surface area (Å²) in [5.74, 6) is -0.219. The number of Topliss-reactive ketones (excluding diaryl/α,β-unsaturated/α-hetero) is 1. The number of carbonyl (C=O) groups is 2. The molecule has 0 spiro atoms. The minimum atomic E-state index is -0.560. The topological polar surface area (TPSA) is 60.1 Å². The van der Waals surface area contributed by atoms with Crippen molar-refractivity contribution in [2.75, 3.05) is 0 Å². The van der Waals surface area contributed by atoms with Gasteiger partial charge in [-0.15, -0.1) is 0 Å². The molecular weight excluding hydrogens is 304 g/mol. The molecule has 0 atom stereocenters. The molecule has 0 aliphatic rings. The lowest BCUT2D eigenvalue weighted by Crippen LogP contribution is -2.44. The van der Waals surface area contributed by atoms with Crippen molar-refractivity contribution in [3.63, 3.8) is 0 Å². The van der Waals surface area contributed by atoms with Gasteiger partial charge >= 0.3 is 11.7 Å². The van der Waals surface area contributed by atoms with Crippen molar-refractivity contribution in [3.8, 4) is 5.75 Å². The first-order valence-electron chi connectivity index (χ1n) is 7.43. The van der Waals surface area contributed by atoms with Gasteiger partial charge in [-0.3, -0.25) is 9.78 Å². The Morgan fingerprint density at radius 2 is 1.62 bits per heavy atom. The minimum absolute atomic E-state index is 0.0335. The lowest BCUT2D eigenvalue weighted by molar-refractivity contribution is -0.686. The van der Waals surface area contributed by atoms with E-state index in [9.17, 15) is 9.59 Å². The van der Waals surface area contributed by atoms with Gasteiger partial charge in [-0.05, 0) is 12.1 Å². The number of esters is 1. The molecule has 5 heteroatoms.